The fourth-order valence-electron chi connectivity index (χ4n) is 2.27. The summed E-state index contributed by atoms with van der Waals surface area (Å²) in [6.07, 6.45) is 0. The van der Waals surface area contributed by atoms with Crippen LogP contribution in [0.3, 0.4) is 0 Å². The number of hydrogen-bond acceptors (Lipinski definition) is 4. The number of carbonyl (C=O) groups is 1. The highest BCUT2D eigenvalue weighted by atomic mass is 16.1. The summed E-state index contributed by atoms with van der Waals surface area (Å²) in [5, 5.41) is 18.3. The van der Waals surface area contributed by atoms with E-state index in [-0.39, 0.29) is 5.91 Å². The third-order valence-corrected chi connectivity index (χ3v) is 3.59. The maximum atomic E-state index is 12.2. The van der Waals surface area contributed by atoms with Crippen LogP contribution < -0.4 is 11.1 Å². The van der Waals surface area contributed by atoms with Crippen LogP contribution in [0.4, 0.5) is 5.82 Å². The molecule has 2 aromatic carbocycles. The van der Waals surface area contributed by atoms with Crippen LogP contribution in [0.25, 0.3) is 11.3 Å². The molecule has 1 heterocycles. The number of carbonyl (C=O) groups excluding carboxylic acids is 1. The first kappa shape index (κ1) is 15.3. The third-order valence-electron chi connectivity index (χ3n) is 3.59. The summed E-state index contributed by atoms with van der Waals surface area (Å²) in [4.78, 5) is 12.2. The largest absolute Gasteiger partial charge is 0.382 e. The van der Waals surface area contributed by atoms with Gasteiger partial charge in [-0.1, -0.05) is 24.3 Å². The van der Waals surface area contributed by atoms with Crippen molar-refractivity contribution in [1.29, 1.82) is 5.26 Å². The summed E-state index contributed by atoms with van der Waals surface area (Å²) in [5.74, 6) is 0.268. The summed E-state index contributed by atoms with van der Waals surface area (Å²) in [6, 6.07) is 18.1. The lowest BCUT2D eigenvalue weighted by Gasteiger charge is -2.06. The van der Waals surface area contributed by atoms with Crippen LogP contribution in [0.15, 0.2) is 54.6 Å². The molecule has 0 aliphatic heterocycles. The van der Waals surface area contributed by atoms with E-state index in [1.54, 1.807) is 30.3 Å². The van der Waals surface area contributed by atoms with E-state index >= 15 is 0 Å². The highest BCUT2D eigenvalue weighted by molar-refractivity contribution is 5.94. The maximum Gasteiger partial charge on any atom is 0.251 e. The van der Waals surface area contributed by atoms with Crippen LogP contribution >= 0.6 is 0 Å². The third kappa shape index (κ3) is 3.42. The number of aromatic nitrogens is 2. The Hall–Kier alpha value is -3.59. The van der Waals surface area contributed by atoms with Crippen LogP contribution in [0, 0.1) is 11.3 Å². The van der Waals surface area contributed by atoms with Crippen LogP contribution in [-0.2, 0) is 6.54 Å². The molecule has 0 bridgehead atoms. The first-order valence-electron chi connectivity index (χ1n) is 7.34. The van der Waals surface area contributed by atoms with E-state index in [1.165, 1.54) is 0 Å². The fourth-order valence-corrected chi connectivity index (χ4v) is 2.27. The Morgan fingerprint density at radius 2 is 1.88 bits per heavy atom. The molecule has 6 nitrogen and oxygen atoms in total. The standard InChI is InChI=1S/C18H15N5O/c19-10-12-1-3-13(4-2-12)11-21-18(24)15-7-5-14(6-8-15)16-9-17(20)23-22-16/h1-9H,11H2,(H,21,24)(H3,20,22,23). The molecule has 0 saturated heterocycles. The van der Waals surface area contributed by atoms with Gasteiger partial charge in [-0.3, -0.25) is 9.89 Å². The number of benzene rings is 2. The van der Waals surface area contributed by atoms with Gasteiger partial charge in [0.1, 0.15) is 5.82 Å². The van der Waals surface area contributed by atoms with Crippen molar-refractivity contribution in [1.82, 2.24) is 15.5 Å². The lowest BCUT2D eigenvalue weighted by molar-refractivity contribution is 0.0951. The number of hydrogen-bond donors (Lipinski definition) is 3. The Balaban J connectivity index is 1.63. The molecule has 3 aromatic rings. The number of H-pyrrole nitrogens is 1. The first-order valence-corrected chi connectivity index (χ1v) is 7.34. The Morgan fingerprint density at radius 1 is 1.17 bits per heavy atom. The van der Waals surface area contributed by atoms with E-state index in [2.05, 4.69) is 21.6 Å². The van der Waals surface area contributed by atoms with Gasteiger partial charge in [-0.15, -0.1) is 0 Å². The van der Waals surface area contributed by atoms with E-state index in [4.69, 9.17) is 11.0 Å². The average Bonchev–Trinajstić information content (AvgIpc) is 3.06. The van der Waals surface area contributed by atoms with Gasteiger partial charge in [-0.2, -0.15) is 10.4 Å². The molecular formula is C18H15N5O. The van der Waals surface area contributed by atoms with E-state index in [1.807, 2.05) is 24.3 Å². The highest BCUT2D eigenvalue weighted by Crippen LogP contribution is 2.19. The van der Waals surface area contributed by atoms with Gasteiger partial charge < -0.3 is 11.1 Å². The van der Waals surface area contributed by atoms with Crippen molar-refractivity contribution in [2.45, 2.75) is 6.54 Å². The Bertz CT molecular complexity index is 888. The second-order valence-corrected chi connectivity index (χ2v) is 5.28. The SMILES string of the molecule is N#Cc1ccc(CNC(=O)c2ccc(-c3cc(N)n[nH]3)cc2)cc1. The van der Waals surface area contributed by atoms with E-state index in [0.29, 0.717) is 23.5 Å². The van der Waals surface area contributed by atoms with Crippen molar-refractivity contribution in [2.75, 3.05) is 5.73 Å². The van der Waals surface area contributed by atoms with Gasteiger partial charge >= 0.3 is 0 Å². The van der Waals surface area contributed by atoms with Crippen LogP contribution in [-0.4, -0.2) is 16.1 Å². The first-order chi connectivity index (χ1) is 11.7. The zero-order valence-corrected chi connectivity index (χ0v) is 12.8. The van der Waals surface area contributed by atoms with Gasteiger partial charge in [0.25, 0.3) is 5.91 Å². The van der Waals surface area contributed by atoms with Crippen molar-refractivity contribution < 1.29 is 4.79 Å². The molecule has 4 N–H and O–H groups in total. The number of rotatable bonds is 4. The van der Waals surface area contributed by atoms with Gasteiger partial charge in [0.2, 0.25) is 0 Å². The second kappa shape index (κ2) is 6.67. The molecule has 0 radical (unpaired) electrons. The number of amides is 1. The summed E-state index contributed by atoms with van der Waals surface area (Å²) >= 11 is 0. The summed E-state index contributed by atoms with van der Waals surface area (Å²) < 4.78 is 0. The molecule has 0 unspecified atom stereocenters. The minimum atomic E-state index is -0.157. The molecule has 0 aliphatic rings. The molecule has 1 aromatic heterocycles. The Morgan fingerprint density at radius 3 is 2.46 bits per heavy atom. The number of nitrogens with one attached hydrogen (secondary N) is 2. The van der Waals surface area contributed by atoms with Gasteiger partial charge in [-0.25, -0.2) is 0 Å². The summed E-state index contributed by atoms with van der Waals surface area (Å²) in [7, 11) is 0. The minimum Gasteiger partial charge on any atom is -0.382 e. The monoisotopic (exact) mass is 317 g/mol. The van der Waals surface area contributed by atoms with Crippen molar-refractivity contribution in [3.63, 3.8) is 0 Å². The van der Waals surface area contributed by atoms with Gasteiger partial charge in [0, 0.05) is 18.2 Å². The second-order valence-electron chi connectivity index (χ2n) is 5.28. The predicted octanol–water partition coefficient (Wildman–Crippen LogP) is 2.46. The molecule has 0 aliphatic carbocycles. The molecule has 0 atom stereocenters. The minimum absolute atomic E-state index is 0.157. The van der Waals surface area contributed by atoms with Crippen LogP contribution in [0.5, 0.6) is 0 Å². The molecule has 1 amide bonds. The average molecular weight is 317 g/mol. The molecule has 6 heteroatoms. The van der Waals surface area contributed by atoms with E-state index in [9.17, 15) is 4.79 Å². The number of nitriles is 1. The maximum absolute atomic E-state index is 12.2. The molecular weight excluding hydrogens is 302 g/mol. The Kier molecular flexibility index (Phi) is 4.25. The van der Waals surface area contributed by atoms with Crippen molar-refractivity contribution in [3.05, 3.63) is 71.3 Å². The summed E-state index contributed by atoms with van der Waals surface area (Å²) in [5.41, 5.74) is 9.39. The van der Waals surface area contributed by atoms with Crippen molar-refractivity contribution in [2.24, 2.45) is 0 Å². The lowest BCUT2D eigenvalue weighted by Crippen LogP contribution is -2.22. The number of nitrogens with two attached hydrogens (primary N) is 1. The number of anilines is 1. The number of aromatic amines is 1. The molecule has 118 valence electrons. The highest BCUT2D eigenvalue weighted by Gasteiger charge is 2.07. The van der Waals surface area contributed by atoms with Crippen LogP contribution in [0.2, 0.25) is 0 Å². The van der Waals surface area contributed by atoms with Crippen molar-refractivity contribution in [3.8, 4) is 17.3 Å². The normalized spacial score (nSPS) is 10.1. The molecule has 0 fully saturated rings. The van der Waals surface area contributed by atoms with E-state index < -0.39 is 0 Å². The van der Waals surface area contributed by atoms with Crippen LogP contribution in [0.1, 0.15) is 21.5 Å². The van der Waals surface area contributed by atoms with Crippen molar-refractivity contribution >= 4 is 11.7 Å². The zero-order valence-electron chi connectivity index (χ0n) is 12.8. The number of nitrogens with zero attached hydrogens (tertiary/aromatic N) is 2. The molecule has 0 saturated carbocycles. The quantitative estimate of drug-likeness (QED) is 0.687. The van der Waals surface area contributed by atoms with Gasteiger partial charge in [-0.05, 0) is 35.4 Å². The zero-order chi connectivity index (χ0) is 16.9. The number of nitrogen functional groups attached to an aromatic ring is 1. The topological polar surface area (TPSA) is 108 Å². The fraction of sp³-hybridized carbons (Fsp3) is 0.0556. The molecule has 3 rings (SSSR count). The van der Waals surface area contributed by atoms with Gasteiger partial charge in [0.05, 0.1) is 17.3 Å². The summed E-state index contributed by atoms with van der Waals surface area (Å²) in [6.45, 7) is 0.406. The predicted molar refractivity (Wildman–Crippen MR) is 90.8 cm³/mol. The Labute approximate surface area is 138 Å². The smallest absolute Gasteiger partial charge is 0.251 e. The molecule has 0 spiro atoms. The lowest BCUT2D eigenvalue weighted by atomic mass is 10.1. The van der Waals surface area contributed by atoms with Gasteiger partial charge in [0.15, 0.2) is 0 Å². The van der Waals surface area contributed by atoms with E-state index in [0.717, 1.165) is 16.8 Å². The molecule has 24 heavy (non-hydrogen) atoms.